The van der Waals surface area contributed by atoms with Crippen LogP contribution in [0.3, 0.4) is 0 Å². The van der Waals surface area contributed by atoms with Crippen LogP contribution in [0.4, 0.5) is 0 Å². The number of nitrogens with zero attached hydrogens (tertiary/aromatic N) is 1. The average molecular weight is 424 g/mol. The zero-order valence-corrected chi connectivity index (χ0v) is 18.7. The van der Waals surface area contributed by atoms with Gasteiger partial charge in [0.2, 0.25) is 0 Å². The van der Waals surface area contributed by atoms with Gasteiger partial charge in [-0.05, 0) is 59.2 Å². The molecule has 4 heteroatoms. The van der Waals surface area contributed by atoms with Gasteiger partial charge in [-0.25, -0.2) is 0 Å². The summed E-state index contributed by atoms with van der Waals surface area (Å²) < 4.78 is 1.26. The van der Waals surface area contributed by atoms with E-state index in [4.69, 9.17) is 11.6 Å². The number of likely N-dealkylation sites (tertiary alicyclic amines) is 1. The van der Waals surface area contributed by atoms with Gasteiger partial charge in [-0.15, -0.1) is 11.3 Å². The first-order valence-electron chi connectivity index (χ1n) is 10.3. The Morgan fingerprint density at radius 2 is 1.93 bits per heavy atom. The van der Waals surface area contributed by atoms with Crippen LogP contribution in [0.5, 0.6) is 0 Å². The van der Waals surface area contributed by atoms with Gasteiger partial charge in [-0.2, -0.15) is 0 Å². The van der Waals surface area contributed by atoms with Crippen LogP contribution in [0.25, 0.3) is 21.2 Å². The molecule has 0 N–H and O–H groups in total. The molecule has 5 rings (SSSR count). The summed E-state index contributed by atoms with van der Waals surface area (Å²) in [6, 6.07) is 14.6. The van der Waals surface area contributed by atoms with Gasteiger partial charge < -0.3 is 4.90 Å². The topological polar surface area (TPSA) is 20.3 Å². The second-order valence-corrected chi connectivity index (χ2v) is 11.3. The molecule has 1 aromatic heterocycles. The van der Waals surface area contributed by atoms with E-state index in [1.807, 2.05) is 18.2 Å². The first-order valence-corrected chi connectivity index (χ1v) is 11.6. The zero-order valence-electron chi connectivity index (χ0n) is 17.2. The van der Waals surface area contributed by atoms with Gasteiger partial charge in [0.25, 0.3) is 5.91 Å². The average Bonchev–Trinajstić information content (AvgIpc) is 3.18. The third-order valence-corrected chi connectivity index (χ3v) is 7.94. The molecule has 2 heterocycles. The fourth-order valence-electron chi connectivity index (χ4n) is 5.91. The number of halogens is 1. The Morgan fingerprint density at radius 1 is 1.14 bits per heavy atom. The van der Waals surface area contributed by atoms with Crippen LogP contribution in [-0.2, 0) is 0 Å². The highest BCUT2D eigenvalue weighted by atomic mass is 35.5. The molecule has 0 radical (unpaired) electrons. The van der Waals surface area contributed by atoms with E-state index in [1.165, 1.54) is 22.1 Å². The van der Waals surface area contributed by atoms with Gasteiger partial charge in [0.1, 0.15) is 0 Å². The summed E-state index contributed by atoms with van der Waals surface area (Å²) in [5, 5.41) is 3.95. The smallest absolute Gasteiger partial charge is 0.255 e. The van der Waals surface area contributed by atoms with Gasteiger partial charge in [-0.3, -0.25) is 4.79 Å². The van der Waals surface area contributed by atoms with Gasteiger partial charge in [0.15, 0.2) is 0 Å². The van der Waals surface area contributed by atoms with Crippen LogP contribution in [0.1, 0.15) is 50.4 Å². The van der Waals surface area contributed by atoms with Crippen molar-refractivity contribution in [3.63, 3.8) is 0 Å². The molecular formula is C25H26ClNOS. The molecule has 29 heavy (non-hydrogen) atoms. The molecule has 1 aliphatic carbocycles. The Bertz CT molecular complexity index is 1120. The van der Waals surface area contributed by atoms with Gasteiger partial charge in [-0.1, -0.05) is 56.6 Å². The van der Waals surface area contributed by atoms with Crippen molar-refractivity contribution in [1.82, 2.24) is 4.90 Å². The quantitative estimate of drug-likeness (QED) is 0.424. The molecule has 2 atom stereocenters. The predicted octanol–water partition coefficient (Wildman–Crippen LogP) is 7.26. The summed E-state index contributed by atoms with van der Waals surface area (Å²) in [6.07, 6.45) is 3.36. The summed E-state index contributed by atoms with van der Waals surface area (Å²) in [7, 11) is 0. The molecule has 2 aromatic carbocycles. The maximum atomic E-state index is 13.4. The number of benzene rings is 2. The van der Waals surface area contributed by atoms with Crippen molar-refractivity contribution < 1.29 is 4.79 Å². The van der Waals surface area contributed by atoms with Crippen molar-refractivity contribution in [2.24, 2.45) is 10.8 Å². The first kappa shape index (κ1) is 19.1. The zero-order chi connectivity index (χ0) is 20.4. The van der Waals surface area contributed by atoms with Gasteiger partial charge in [0.05, 0.1) is 10.6 Å². The molecule has 2 nitrogen and oxygen atoms in total. The Balaban J connectivity index is 1.46. The maximum Gasteiger partial charge on any atom is 0.255 e. The predicted molar refractivity (Wildman–Crippen MR) is 123 cm³/mol. The largest absolute Gasteiger partial charge is 0.335 e. The van der Waals surface area contributed by atoms with E-state index in [-0.39, 0.29) is 11.3 Å². The summed E-state index contributed by atoms with van der Waals surface area (Å²) in [4.78, 5) is 15.5. The molecule has 1 saturated heterocycles. The van der Waals surface area contributed by atoms with E-state index < -0.39 is 0 Å². The second kappa shape index (κ2) is 6.58. The SMILES string of the molecule is CC1(C)C[C@@H]2C[C@@](C)(CN2C(=O)c2ccc(-c3csc4ccccc34)cc2Cl)C1. The summed E-state index contributed by atoms with van der Waals surface area (Å²) in [5.41, 5.74) is 3.39. The summed E-state index contributed by atoms with van der Waals surface area (Å²) >= 11 is 8.40. The number of thiophene rings is 1. The molecular weight excluding hydrogens is 398 g/mol. The number of fused-ring (bicyclic) bond motifs is 3. The van der Waals surface area contributed by atoms with Gasteiger partial charge in [0, 0.05) is 28.2 Å². The monoisotopic (exact) mass is 423 g/mol. The van der Waals surface area contributed by atoms with E-state index in [9.17, 15) is 4.79 Å². The highest BCUT2D eigenvalue weighted by molar-refractivity contribution is 7.17. The van der Waals surface area contributed by atoms with Crippen LogP contribution < -0.4 is 0 Å². The molecule has 2 aliphatic rings. The third-order valence-electron chi connectivity index (χ3n) is 6.67. The van der Waals surface area contributed by atoms with Crippen LogP contribution in [-0.4, -0.2) is 23.4 Å². The lowest BCUT2D eigenvalue weighted by atomic mass is 9.65. The lowest BCUT2D eigenvalue weighted by Crippen LogP contribution is -2.37. The van der Waals surface area contributed by atoms with E-state index in [1.54, 1.807) is 11.3 Å². The van der Waals surface area contributed by atoms with Crippen LogP contribution in [0, 0.1) is 10.8 Å². The first-order chi connectivity index (χ1) is 13.7. The fourth-order valence-corrected chi connectivity index (χ4v) is 7.14. The number of carbonyl (C=O) groups excluding carboxylic acids is 1. The molecule has 0 spiro atoms. The standard InChI is InChI=1S/C25H26ClNOS/c1-24(2)11-17-12-25(3,14-24)15-27(17)23(28)19-9-8-16(10-21(19)26)20-13-29-22-7-5-4-6-18(20)22/h4-10,13,17H,11-12,14-15H2,1-3H3/t17-,25-/m1/s1. The van der Waals surface area contributed by atoms with E-state index in [0.717, 1.165) is 24.9 Å². The number of amides is 1. The number of carbonyl (C=O) groups is 1. The molecule has 150 valence electrons. The van der Waals surface area contributed by atoms with Crippen molar-refractivity contribution >= 4 is 38.9 Å². The van der Waals surface area contributed by atoms with Gasteiger partial charge >= 0.3 is 0 Å². The van der Waals surface area contributed by atoms with Crippen LogP contribution in [0.2, 0.25) is 5.02 Å². The molecule has 3 aromatic rings. The molecule has 0 unspecified atom stereocenters. The van der Waals surface area contributed by atoms with Crippen LogP contribution in [0.15, 0.2) is 47.8 Å². The van der Waals surface area contributed by atoms with Crippen molar-refractivity contribution in [3.8, 4) is 11.1 Å². The molecule has 1 aliphatic heterocycles. The Kier molecular flexibility index (Phi) is 4.34. The van der Waals surface area contributed by atoms with Crippen LogP contribution >= 0.6 is 22.9 Å². The second-order valence-electron chi connectivity index (χ2n) is 9.99. The Hall–Kier alpha value is -1.84. The minimum atomic E-state index is 0.0863. The van der Waals surface area contributed by atoms with E-state index >= 15 is 0 Å². The van der Waals surface area contributed by atoms with Crippen molar-refractivity contribution in [2.75, 3.05) is 6.54 Å². The Morgan fingerprint density at radius 3 is 2.72 bits per heavy atom. The Labute approximate surface area is 181 Å². The highest BCUT2D eigenvalue weighted by Crippen LogP contribution is 2.53. The normalized spacial score (nSPS) is 25.5. The summed E-state index contributed by atoms with van der Waals surface area (Å²) in [6.45, 7) is 7.84. The summed E-state index contributed by atoms with van der Waals surface area (Å²) in [5.74, 6) is 0.0863. The number of rotatable bonds is 2. The van der Waals surface area contributed by atoms with Crippen molar-refractivity contribution in [1.29, 1.82) is 0 Å². The number of hydrogen-bond acceptors (Lipinski definition) is 2. The van der Waals surface area contributed by atoms with E-state index in [2.05, 4.69) is 55.3 Å². The highest BCUT2D eigenvalue weighted by Gasteiger charge is 2.51. The maximum absolute atomic E-state index is 13.4. The molecule has 1 amide bonds. The molecule has 1 saturated carbocycles. The third kappa shape index (κ3) is 3.29. The molecule has 2 bridgehead atoms. The fraction of sp³-hybridized carbons (Fsp3) is 0.400. The molecule has 2 fully saturated rings. The van der Waals surface area contributed by atoms with Crippen molar-refractivity contribution in [3.05, 3.63) is 58.4 Å². The van der Waals surface area contributed by atoms with Crippen molar-refractivity contribution in [2.45, 2.75) is 46.1 Å². The van der Waals surface area contributed by atoms with E-state index in [0.29, 0.717) is 22.0 Å². The minimum Gasteiger partial charge on any atom is -0.335 e. The minimum absolute atomic E-state index is 0.0863. The lowest BCUT2D eigenvalue weighted by molar-refractivity contribution is 0.0708. The number of hydrogen-bond donors (Lipinski definition) is 0. The lowest BCUT2D eigenvalue weighted by Gasteiger charge is -2.39.